The molecule has 2 heterocycles. The number of amides is 1. The Morgan fingerprint density at radius 3 is 2.45 bits per heavy atom. The number of fused-ring (bicyclic) bond motifs is 1. The van der Waals surface area contributed by atoms with Crippen LogP contribution in [-0.4, -0.2) is 22.8 Å². The first-order chi connectivity index (χ1) is 15.2. The second-order valence-corrected chi connectivity index (χ2v) is 7.07. The van der Waals surface area contributed by atoms with Gasteiger partial charge in [-0.3, -0.25) is 4.79 Å². The lowest BCUT2D eigenvalue weighted by molar-refractivity contribution is -0.116. The molecule has 7 nitrogen and oxygen atoms in total. The van der Waals surface area contributed by atoms with Crippen molar-refractivity contribution in [2.45, 2.75) is 12.8 Å². The van der Waals surface area contributed by atoms with Crippen molar-refractivity contribution in [1.82, 2.24) is 10.1 Å². The number of hydrogen-bond acceptors (Lipinski definition) is 6. The van der Waals surface area contributed by atoms with Crippen molar-refractivity contribution < 1.29 is 18.8 Å². The molecule has 1 N–H and O–H groups in total. The molecule has 1 aromatic heterocycles. The summed E-state index contributed by atoms with van der Waals surface area (Å²) in [6.45, 7) is 0.196. The molecule has 4 aromatic rings. The highest BCUT2D eigenvalue weighted by Crippen LogP contribution is 2.34. The van der Waals surface area contributed by atoms with Gasteiger partial charge in [0.1, 0.15) is 0 Å². The van der Waals surface area contributed by atoms with Crippen molar-refractivity contribution >= 4 is 11.6 Å². The van der Waals surface area contributed by atoms with E-state index in [4.69, 9.17) is 14.0 Å². The molecule has 0 bridgehead atoms. The van der Waals surface area contributed by atoms with Crippen molar-refractivity contribution in [2.75, 3.05) is 12.1 Å². The summed E-state index contributed by atoms with van der Waals surface area (Å²) < 4.78 is 15.9. The van der Waals surface area contributed by atoms with Crippen LogP contribution in [0.25, 0.3) is 22.5 Å². The first-order valence-corrected chi connectivity index (χ1v) is 9.92. The lowest BCUT2D eigenvalue weighted by atomic mass is 10.0. The van der Waals surface area contributed by atoms with E-state index < -0.39 is 0 Å². The van der Waals surface area contributed by atoms with Gasteiger partial charge in [-0.1, -0.05) is 59.8 Å². The van der Waals surface area contributed by atoms with Crippen LogP contribution in [0.2, 0.25) is 0 Å². The molecule has 0 fully saturated rings. The molecule has 31 heavy (non-hydrogen) atoms. The van der Waals surface area contributed by atoms with Gasteiger partial charge in [0.25, 0.3) is 0 Å². The van der Waals surface area contributed by atoms with Crippen LogP contribution in [0.1, 0.15) is 12.3 Å². The van der Waals surface area contributed by atoms with Crippen LogP contribution >= 0.6 is 0 Å². The maximum atomic E-state index is 12.3. The molecule has 1 aliphatic rings. The lowest BCUT2D eigenvalue weighted by Gasteiger charge is -2.05. The fourth-order valence-corrected chi connectivity index (χ4v) is 3.33. The minimum atomic E-state index is -0.147. The number of nitrogens with one attached hydrogen (secondary N) is 1. The van der Waals surface area contributed by atoms with Gasteiger partial charge in [0.15, 0.2) is 11.5 Å². The number of rotatable bonds is 6. The summed E-state index contributed by atoms with van der Waals surface area (Å²) in [6.07, 6.45) is 0.578. The van der Waals surface area contributed by atoms with E-state index in [2.05, 4.69) is 27.6 Å². The van der Waals surface area contributed by atoms with Gasteiger partial charge in [0, 0.05) is 30.2 Å². The largest absolute Gasteiger partial charge is 0.454 e. The third kappa shape index (κ3) is 4.25. The highest BCUT2D eigenvalue weighted by molar-refractivity contribution is 5.91. The average Bonchev–Trinajstić information content (AvgIpc) is 3.48. The number of hydrogen-bond donors (Lipinski definition) is 1. The topological polar surface area (TPSA) is 86.5 Å². The van der Waals surface area contributed by atoms with E-state index >= 15 is 0 Å². The van der Waals surface area contributed by atoms with Crippen molar-refractivity contribution in [3.05, 3.63) is 78.7 Å². The summed E-state index contributed by atoms with van der Waals surface area (Å²) in [5.41, 5.74) is 3.78. The lowest BCUT2D eigenvalue weighted by Crippen LogP contribution is -2.12. The van der Waals surface area contributed by atoms with E-state index in [0.29, 0.717) is 35.3 Å². The molecule has 0 saturated heterocycles. The summed E-state index contributed by atoms with van der Waals surface area (Å²) in [4.78, 5) is 16.7. The summed E-state index contributed by atoms with van der Waals surface area (Å²) >= 11 is 0. The Morgan fingerprint density at radius 2 is 1.61 bits per heavy atom. The molecule has 0 spiro atoms. The van der Waals surface area contributed by atoms with Crippen LogP contribution in [0, 0.1) is 0 Å². The number of nitrogens with zero attached hydrogens (tertiary/aromatic N) is 2. The molecule has 3 aromatic carbocycles. The first kappa shape index (κ1) is 18.9. The standard InChI is InChI=1S/C24H19N3O4/c28-22(25-19-10-11-20-21(14-19)30-15-29-20)12-13-23-26-24(27-31-23)18-8-6-17(7-9-18)16-4-2-1-3-5-16/h1-11,14H,12-13,15H2,(H,25,28). The Labute approximate surface area is 178 Å². The zero-order chi connectivity index (χ0) is 21.0. The van der Waals surface area contributed by atoms with Gasteiger partial charge in [0.05, 0.1) is 0 Å². The van der Waals surface area contributed by atoms with E-state index in [9.17, 15) is 4.79 Å². The Hall–Kier alpha value is -4.13. The number of ether oxygens (including phenoxy) is 2. The van der Waals surface area contributed by atoms with E-state index in [1.165, 1.54) is 0 Å². The van der Waals surface area contributed by atoms with E-state index in [0.717, 1.165) is 16.7 Å². The van der Waals surface area contributed by atoms with E-state index in [1.54, 1.807) is 18.2 Å². The molecule has 0 atom stereocenters. The maximum absolute atomic E-state index is 12.3. The minimum absolute atomic E-state index is 0.147. The summed E-state index contributed by atoms with van der Waals surface area (Å²) in [6, 6.07) is 23.4. The van der Waals surface area contributed by atoms with Crippen molar-refractivity contribution in [3.8, 4) is 34.0 Å². The molecule has 5 rings (SSSR count). The van der Waals surface area contributed by atoms with Gasteiger partial charge in [-0.25, -0.2) is 0 Å². The average molecular weight is 413 g/mol. The summed E-state index contributed by atoms with van der Waals surface area (Å²) in [5, 5.41) is 6.88. The van der Waals surface area contributed by atoms with Crippen LogP contribution in [0.15, 0.2) is 77.3 Å². The number of benzene rings is 3. The monoisotopic (exact) mass is 413 g/mol. The van der Waals surface area contributed by atoms with Crippen LogP contribution in [-0.2, 0) is 11.2 Å². The highest BCUT2D eigenvalue weighted by atomic mass is 16.7. The fourth-order valence-electron chi connectivity index (χ4n) is 3.33. The number of carbonyl (C=O) groups is 1. The maximum Gasteiger partial charge on any atom is 0.231 e. The molecule has 1 amide bonds. The smallest absolute Gasteiger partial charge is 0.231 e. The van der Waals surface area contributed by atoms with Crippen molar-refractivity contribution in [1.29, 1.82) is 0 Å². The normalized spacial score (nSPS) is 12.0. The van der Waals surface area contributed by atoms with Crippen LogP contribution in [0.4, 0.5) is 5.69 Å². The predicted molar refractivity (Wildman–Crippen MR) is 115 cm³/mol. The third-order valence-corrected chi connectivity index (χ3v) is 4.94. The molecule has 154 valence electrons. The Kier molecular flexibility index (Phi) is 5.06. The number of anilines is 1. The van der Waals surface area contributed by atoms with Gasteiger partial charge in [-0.2, -0.15) is 4.98 Å². The van der Waals surface area contributed by atoms with Gasteiger partial charge in [-0.05, 0) is 23.3 Å². The second kappa shape index (κ2) is 8.31. The number of aryl methyl sites for hydroxylation is 1. The quantitative estimate of drug-likeness (QED) is 0.493. The van der Waals surface area contributed by atoms with E-state index in [1.807, 2.05) is 42.5 Å². The number of carbonyl (C=O) groups excluding carboxylic acids is 1. The van der Waals surface area contributed by atoms with Gasteiger partial charge in [0.2, 0.25) is 24.4 Å². The molecule has 0 unspecified atom stereocenters. The van der Waals surface area contributed by atoms with E-state index in [-0.39, 0.29) is 19.1 Å². The zero-order valence-electron chi connectivity index (χ0n) is 16.6. The Bertz CT molecular complexity index is 1200. The molecule has 1 aliphatic heterocycles. The molecular formula is C24H19N3O4. The minimum Gasteiger partial charge on any atom is -0.454 e. The first-order valence-electron chi connectivity index (χ1n) is 9.92. The molecular weight excluding hydrogens is 394 g/mol. The van der Waals surface area contributed by atoms with Crippen LogP contribution in [0.3, 0.4) is 0 Å². The zero-order valence-corrected chi connectivity index (χ0v) is 16.6. The SMILES string of the molecule is O=C(CCc1nc(-c2ccc(-c3ccccc3)cc2)no1)Nc1ccc2c(c1)OCO2. The van der Waals surface area contributed by atoms with Gasteiger partial charge in [-0.15, -0.1) is 0 Å². The van der Waals surface area contributed by atoms with Crippen LogP contribution in [0.5, 0.6) is 11.5 Å². The van der Waals surface area contributed by atoms with Crippen molar-refractivity contribution in [2.24, 2.45) is 0 Å². The summed E-state index contributed by atoms with van der Waals surface area (Å²) in [5.74, 6) is 2.07. The second-order valence-electron chi connectivity index (χ2n) is 7.07. The fraction of sp³-hybridized carbons (Fsp3) is 0.125. The molecule has 0 radical (unpaired) electrons. The highest BCUT2D eigenvalue weighted by Gasteiger charge is 2.15. The number of aromatic nitrogens is 2. The predicted octanol–water partition coefficient (Wildman–Crippen LogP) is 4.70. The van der Waals surface area contributed by atoms with Crippen molar-refractivity contribution in [3.63, 3.8) is 0 Å². The molecule has 7 heteroatoms. The molecule has 0 saturated carbocycles. The third-order valence-electron chi connectivity index (χ3n) is 4.94. The summed E-state index contributed by atoms with van der Waals surface area (Å²) in [7, 11) is 0. The molecule has 0 aliphatic carbocycles. The van der Waals surface area contributed by atoms with Crippen LogP contribution < -0.4 is 14.8 Å². The van der Waals surface area contributed by atoms with Gasteiger partial charge >= 0.3 is 0 Å². The Morgan fingerprint density at radius 1 is 0.871 bits per heavy atom. The van der Waals surface area contributed by atoms with Gasteiger partial charge < -0.3 is 19.3 Å². The Balaban J connectivity index is 1.18.